The van der Waals surface area contributed by atoms with Crippen LogP contribution < -0.4 is 5.32 Å². The standard InChI is InChI=1S/C13H24N2O3/c1-6-10-13(17)15(9(4)7-18-5)11(8(2)3)12(16)14-10/h8-11H,6-7H2,1-5H3,(H,14,16). The second-order valence-electron chi connectivity index (χ2n) is 5.21. The summed E-state index contributed by atoms with van der Waals surface area (Å²) in [5.41, 5.74) is 0. The lowest BCUT2D eigenvalue weighted by Gasteiger charge is -2.43. The fourth-order valence-electron chi connectivity index (χ4n) is 2.48. The van der Waals surface area contributed by atoms with Crippen molar-refractivity contribution in [2.24, 2.45) is 5.92 Å². The minimum absolute atomic E-state index is 0.000324. The van der Waals surface area contributed by atoms with Gasteiger partial charge in [0.05, 0.1) is 12.6 Å². The van der Waals surface area contributed by atoms with Gasteiger partial charge in [0.25, 0.3) is 0 Å². The molecular weight excluding hydrogens is 232 g/mol. The second-order valence-corrected chi connectivity index (χ2v) is 5.21. The van der Waals surface area contributed by atoms with E-state index in [0.717, 1.165) is 0 Å². The number of hydrogen-bond donors (Lipinski definition) is 1. The van der Waals surface area contributed by atoms with Gasteiger partial charge in [0.15, 0.2) is 0 Å². The first-order valence-electron chi connectivity index (χ1n) is 6.55. The van der Waals surface area contributed by atoms with E-state index in [2.05, 4.69) is 5.32 Å². The maximum absolute atomic E-state index is 12.4. The van der Waals surface area contributed by atoms with Crippen LogP contribution in [0, 0.1) is 5.92 Å². The lowest BCUT2D eigenvalue weighted by atomic mass is 9.94. The average Bonchev–Trinajstić information content (AvgIpc) is 2.30. The van der Waals surface area contributed by atoms with Gasteiger partial charge in [-0.2, -0.15) is 0 Å². The molecule has 18 heavy (non-hydrogen) atoms. The first kappa shape index (κ1) is 15.0. The SMILES string of the molecule is CCC1NC(=O)C(C(C)C)N(C(C)COC)C1=O. The highest BCUT2D eigenvalue weighted by Gasteiger charge is 2.43. The molecule has 2 amide bonds. The van der Waals surface area contributed by atoms with E-state index in [1.807, 2.05) is 27.7 Å². The Hall–Kier alpha value is -1.10. The number of nitrogens with one attached hydrogen (secondary N) is 1. The van der Waals surface area contributed by atoms with E-state index in [1.54, 1.807) is 12.0 Å². The van der Waals surface area contributed by atoms with Crippen LogP contribution in [0.1, 0.15) is 34.1 Å². The van der Waals surface area contributed by atoms with E-state index in [-0.39, 0.29) is 23.8 Å². The predicted octanol–water partition coefficient (Wildman–Crippen LogP) is 0.783. The van der Waals surface area contributed by atoms with E-state index in [1.165, 1.54) is 0 Å². The third-order valence-corrected chi connectivity index (χ3v) is 3.36. The molecule has 1 fully saturated rings. The van der Waals surface area contributed by atoms with E-state index < -0.39 is 12.1 Å². The molecule has 0 bridgehead atoms. The highest BCUT2D eigenvalue weighted by molar-refractivity contribution is 5.97. The minimum atomic E-state index is -0.398. The molecule has 0 radical (unpaired) electrons. The van der Waals surface area contributed by atoms with Gasteiger partial charge in [0, 0.05) is 7.11 Å². The van der Waals surface area contributed by atoms with Gasteiger partial charge in [-0.3, -0.25) is 9.59 Å². The highest BCUT2D eigenvalue weighted by Crippen LogP contribution is 2.21. The molecule has 1 aliphatic rings. The van der Waals surface area contributed by atoms with E-state index in [0.29, 0.717) is 13.0 Å². The molecule has 0 aromatic heterocycles. The number of piperazine rings is 1. The number of hydrogen-bond acceptors (Lipinski definition) is 3. The zero-order chi connectivity index (χ0) is 13.9. The Morgan fingerprint density at radius 2 is 1.94 bits per heavy atom. The molecule has 104 valence electrons. The van der Waals surface area contributed by atoms with Crippen LogP contribution in [0.4, 0.5) is 0 Å². The van der Waals surface area contributed by atoms with Gasteiger partial charge in [-0.15, -0.1) is 0 Å². The quantitative estimate of drug-likeness (QED) is 0.791. The summed E-state index contributed by atoms with van der Waals surface area (Å²) in [5.74, 6) is 0.0332. The number of ether oxygens (including phenoxy) is 1. The molecule has 1 N–H and O–H groups in total. The maximum Gasteiger partial charge on any atom is 0.246 e. The summed E-state index contributed by atoms with van der Waals surface area (Å²) >= 11 is 0. The Labute approximate surface area is 109 Å². The van der Waals surface area contributed by atoms with Crippen LogP contribution in [0.5, 0.6) is 0 Å². The first-order chi connectivity index (χ1) is 8.43. The summed E-state index contributed by atoms with van der Waals surface area (Å²) in [5, 5.41) is 2.80. The van der Waals surface area contributed by atoms with Crippen LogP contribution in [-0.2, 0) is 14.3 Å². The van der Waals surface area contributed by atoms with Crippen LogP contribution in [0.15, 0.2) is 0 Å². The number of rotatable bonds is 5. The summed E-state index contributed by atoms with van der Waals surface area (Å²) < 4.78 is 5.11. The number of methoxy groups -OCH3 is 1. The van der Waals surface area contributed by atoms with Crippen LogP contribution in [0.2, 0.25) is 0 Å². The van der Waals surface area contributed by atoms with E-state index in [4.69, 9.17) is 4.74 Å². The van der Waals surface area contributed by atoms with Gasteiger partial charge in [-0.25, -0.2) is 0 Å². The topological polar surface area (TPSA) is 58.6 Å². The molecule has 0 aromatic carbocycles. The summed E-state index contributed by atoms with van der Waals surface area (Å²) in [7, 11) is 1.60. The van der Waals surface area contributed by atoms with Gasteiger partial charge in [0.1, 0.15) is 12.1 Å². The molecular formula is C13H24N2O3. The Balaban J connectivity index is 3.01. The van der Waals surface area contributed by atoms with E-state index in [9.17, 15) is 9.59 Å². The van der Waals surface area contributed by atoms with Crippen molar-refractivity contribution >= 4 is 11.8 Å². The summed E-state index contributed by atoms with van der Waals surface area (Å²) in [6.07, 6.45) is 0.617. The van der Waals surface area contributed by atoms with Gasteiger partial charge < -0.3 is 15.0 Å². The lowest BCUT2D eigenvalue weighted by Crippen LogP contribution is -2.67. The fourth-order valence-corrected chi connectivity index (χ4v) is 2.48. The molecule has 0 saturated carbocycles. The zero-order valence-electron chi connectivity index (χ0n) is 11.9. The van der Waals surface area contributed by atoms with Crippen molar-refractivity contribution in [1.29, 1.82) is 0 Å². The Morgan fingerprint density at radius 1 is 1.33 bits per heavy atom. The molecule has 0 aliphatic carbocycles. The van der Waals surface area contributed by atoms with Crippen molar-refractivity contribution in [3.63, 3.8) is 0 Å². The molecule has 1 aliphatic heterocycles. The first-order valence-corrected chi connectivity index (χ1v) is 6.55. The Morgan fingerprint density at radius 3 is 2.39 bits per heavy atom. The van der Waals surface area contributed by atoms with Crippen LogP contribution >= 0.6 is 0 Å². The van der Waals surface area contributed by atoms with Gasteiger partial charge in [-0.05, 0) is 19.3 Å². The summed E-state index contributed by atoms with van der Waals surface area (Å²) in [6, 6.07) is -0.882. The van der Waals surface area contributed by atoms with Gasteiger partial charge >= 0.3 is 0 Å². The molecule has 5 heteroatoms. The van der Waals surface area contributed by atoms with Crippen LogP contribution in [-0.4, -0.2) is 48.6 Å². The van der Waals surface area contributed by atoms with Crippen molar-refractivity contribution in [3.05, 3.63) is 0 Å². The number of carbonyl (C=O) groups excluding carboxylic acids is 2. The van der Waals surface area contributed by atoms with Crippen molar-refractivity contribution < 1.29 is 14.3 Å². The molecule has 1 saturated heterocycles. The molecule has 1 heterocycles. The largest absolute Gasteiger partial charge is 0.383 e. The number of amides is 2. The van der Waals surface area contributed by atoms with Crippen molar-refractivity contribution in [3.8, 4) is 0 Å². The van der Waals surface area contributed by atoms with Crippen LogP contribution in [0.3, 0.4) is 0 Å². The zero-order valence-corrected chi connectivity index (χ0v) is 11.9. The normalized spacial score (nSPS) is 26.4. The second kappa shape index (κ2) is 6.18. The van der Waals surface area contributed by atoms with Crippen molar-refractivity contribution in [2.45, 2.75) is 52.2 Å². The Kier molecular flexibility index (Phi) is 5.14. The molecule has 0 spiro atoms. The number of carbonyl (C=O) groups is 2. The minimum Gasteiger partial charge on any atom is -0.383 e. The predicted molar refractivity (Wildman–Crippen MR) is 69.0 cm³/mol. The fraction of sp³-hybridized carbons (Fsp3) is 0.846. The number of nitrogens with zero attached hydrogens (tertiary/aromatic N) is 1. The highest BCUT2D eigenvalue weighted by atomic mass is 16.5. The van der Waals surface area contributed by atoms with Crippen molar-refractivity contribution in [1.82, 2.24) is 10.2 Å². The van der Waals surface area contributed by atoms with Gasteiger partial charge in [-0.1, -0.05) is 20.8 Å². The third kappa shape index (κ3) is 2.83. The van der Waals surface area contributed by atoms with Crippen LogP contribution in [0.25, 0.3) is 0 Å². The maximum atomic E-state index is 12.4. The molecule has 0 aromatic rings. The summed E-state index contributed by atoms with van der Waals surface area (Å²) in [4.78, 5) is 26.2. The van der Waals surface area contributed by atoms with E-state index >= 15 is 0 Å². The monoisotopic (exact) mass is 256 g/mol. The van der Waals surface area contributed by atoms with Crippen molar-refractivity contribution in [2.75, 3.05) is 13.7 Å². The van der Waals surface area contributed by atoms with Gasteiger partial charge in [0.2, 0.25) is 11.8 Å². The summed E-state index contributed by atoms with van der Waals surface area (Å²) in [6.45, 7) is 8.17. The molecule has 1 rings (SSSR count). The lowest BCUT2D eigenvalue weighted by molar-refractivity contribution is -0.155. The smallest absolute Gasteiger partial charge is 0.246 e. The Bertz CT molecular complexity index is 317. The third-order valence-electron chi connectivity index (χ3n) is 3.36. The molecule has 3 unspecified atom stereocenters. The molecule has 5 nitrogen and oxygen atoms in total. The average molecular weight is 256 g/mol. The molecule has 3 atom stereocenters.